The van der Waals surface area contributed by atoms with E-state index in [-0.39, 0.29) is 17.2 Å². The highest BCUT2D eigenvalue weighted by atomic mass is 16.3. The van der Waals surface area contributed by atoms with Gasteiger partial charge in [-0.05, 0) is 54.9 Å². The summed E-state index contributed by atoms with van der Waals surface area (Å²) in [5.74, 6) is 0.635. The molecule has 1 aliphatic carbocycles. The van der Waals surface area contributed by atoms with Gasteiger partial charge in [0.1, 0.15) is 5.65 Å². The van der Waals surface area contributed by atoms with Crippen molar-refractivity contribution < 1.29 is 14.0 Å². The van der Waals surface area contributed by atoms with E-state index in [1.54, 1.807) is 30.9 Å². The van der Waals surface area contributed by atoms with E-state index in [1.165, 1.54) is 0 Å². The second-order valence-electron chi connectivity index (χ2n) is 8.89. The zero-order valence-electron chi connectivity index (χ0n) is 17.5. The molecule has 5 heterocycles. The third-order valence-corrected chi connectivity index (χ3v) is 7.14. The van der Waals surface area contributed by atoms with Gasteiger partial charge in [0, 0.05) is 49.0 Å². The predicted octanol–water partition coefficient (Wildman–Crippen LogP) is 3.38. The number of nitrogens with one attached hydrogen (secondary N) is 2. The van der Waals surface area contributed by atoms with Crippen LogP contribution in [0, 0.1) is 11.3 Å². The van der Waals surface area contributed by atoms with Crippen molar-refractivity contribution in [2.24, 2.45) is 11.3 Å². The number of aromatic nitrogens is 3. The third kappa shape index (κ3) is 3.14. The number of likely N-dealkylation sites (tertiary alicyclic amines) is 1. The van der Waals surface area contributed by atoms with Crippen LogP contribution in [0.1, 0.15) is 40.2 Å². The Labute approximate surface area is 184 Å². The molecule has 4 aromatic heterocycles. The highest BCUT2D eigenvalue weighted by Crippen LogP contribution is 2.59. The molecule has 1 saturated heterocycles. The average molecular weight is 429 g/mol. The minimum atomic E-state index is -0.191. The van der Waals surface area contributed by atoms with Gasteiger partial charge in [-0.3, -0.25) is 14.6 Å². The molecule has 8 heteroatoms. The molecule has 8 nitrogen and oxygen atoms in total. The number of carbonyl (C=O) groups excluding carboxylic acids is 2. The summed E-state index contributed by atoms with van der Waals surface area (Å²) >= 11 is 0. The summed E-state index contributed by atoms with van der Waals surface area (Å²) in [6.07, 6.45) is 9.80. The van der Waals surface area contributed by atoms with Gasteiger partial charge in [-0.15, -0.1) is 0 Å². The number of H-pyrrole nitrogens is 1. The standard InChI is InChI=1S/C24H23N5O3/c30-22(19-10-15-3-7-25-14-20(15)32-19)28-12-16-11-24(16)4-8-29(9-5-24)23(31)18-13-27-21-17(18)2-1-6-26-21/h1-3,6-7,10,13-14,16H,4-5,8-9,11-12H2,(H,26,27)(H,28,30). The van der Waals surface area contributed by atoms with Gasteiger partial charge in [-0.1, -0.05) is 0 Å². The minimum Gasteiger partial charge on any atom is -0.449 e. The van der Waals surface area contributed by atoms with Crippen molar-refractivity contribution in [2.45, 2.75) is 19.3 Å². The lowest BCUT2D eigenvalue weighted by Crippen LogP contribution is -2.40. The highest BCUT2D eigenvalue weighted by molar-refractivity contribution is 6.05. The number of amides is 2. The quantitative estimate of drug-likeness (QED) is 0.518. The number of hydrogen-bond donors (Lipinski definition) is 2. The Kier molecular flexibility index (Phi) is 4.28. The van der Waals surface area contributed by atoms with Crippen molar-refractivity contribution in [3.63, 3.8) is 0 Å². The van der Waals surface area contributed by atoms with Gasteiger partial charge in [0.25, 0.3) is 11.8 Å². The van der Waals surface area contributed by atoms with E-state index >= 15 is 0 Å². The first kappa shape index (κ1) is 19.0. The number of fused-ring (bicyclic) bond motifs is 2. The van der Waals surface area contributed by atoms with Crippen molar-refractivity contribution >= 4 is 33.8 Å². The van der Waals surface area contributed by atoms with Crippen LogP contribution in [0.25, 0.3) is 22.0 Å². The van der Waals surface area contributed by atoms with Crippen LogP contribution in [0.4, 0.5) is 0 Å². The predicted molar refractivity (Wildman–Crippen MR) is 118 cm³/mol. The summed E-state index contributed by atoms with van der Waals surface area (Å²) in [4.78, 5) is 38.9. The SMILES string of the molecule is O=C(NCC1CC12CCN(C(=O)c1c[nH]c3ncccc13)CC2)c1cc2ccncc2o1. The fraction of sp³-hybridized carbons (Fsp3) is 0.333. The summed E-state index contributed by atoms with van der Waals surface area (Å²) in [6, 6.07) is 7.35. The van der Waals surface area contributed by atoms with Gasteiger partial charge in [0.05, 0.1) is 11.8 Å². The second kappa shape index (κ2) is 7.19. The van der Waals surface area contributed by atoms with Gasteiger partial charge >= 0.3 is 0 Å². The number of rotatable bonds is 4. The number of pyridine rings is 2. The maximum atomic E-state index is 13.0. The van der Waals surface area contributed by atoms with Crippen molar-refractivity contribution in [2.75, 3.05) is 19.6 Å². The summed E-state index contributed by atoms with van der Waals surface area (Å²) in [7, 11) is 0. The van der Waals surface area contributed by atoms with Crippen LogP contribution >= 0.6 is 0 Å². The Morgan fingerprint density at radius 2 is 2.12 bits per heavy atom. The number of piperidine rings is 1. The monoisotopic (exact) mass is 429 g/mol. The van der Waals surface area contributed by atoms with E-state index in [9.17, 15) is 9.59 Å². The average Bonchev–Trinajstić information content (AvgIpc) is 3.17. The van der Waals surface area contributed by atoms with E-state index in [1.807, 2.05) is 23.1 Å². The Bertz CT molecular complexity index is 1300. The first-order valence-corrected chi connectivity index (χ1v) is 11.0. The fourth-order valence-electron chi connectivity index (χ4n) is 5.09. The number of aromatic amines is 1. The van der Waals surface area contributed by atoms with Crippen LogP contribution in [0.3, 0.4) is 0 Å². The number of carbonyl (C=O) groups is 2. The van der Waals surface area contributed by atoms with Crippen LogP contribution in [-0.4, -0.2) is 51.3 Å². The molecule has 4 aromatic rings. The zero-order valence-corrected chi connectivity index (χ0v) is 17.5. The number of hydrogen-bond acceptors (Lipinski definition) is 5. The van der Waals surface area contributed by atoms with Gasteiger partial charge in [0.2, 0.25) is 0 Å². The molecule has 1 aliphatic heterocycles. The van der Waals surface area contributed by atoms with Gasteiger partial charge in [0.15, 0.2) is 11.3 Å². The van der Waals surface area contributed by atoms with Crippen LogP contribution in [0.5, 0.6) is 0 Å². The summed E-state index contributed by atoms with van der Waals surface area (Å²) in [5, 5.41) is 4.76. The molecule has 0 radical (unpaired) electrons. The molecule has 1 spiro atoms. The number of nitrogens with zero attached hydrogens (tertiary/aromatic N) is 3. The number of furan rings is 1. The molecule has 162 valence electrons. The zero-order chi connectivity index (χ0) is 21.7. The van der Waals surface area contributed by atoms with Crippen molar-refractivity contribution in [3.8, 4) is 0 Å². The van der Waals surface area contributed by atoms with E-state index in [4.69, 9.17) is 4.42 Å². The van der Waals surface area contributed by atoms with Gasteiger partial charge in [-0.2, -0.15) is 0 Å². The highest BCUT2D eigenvalue weighted by Gasteiger charge is 2.54. The van der Waals surface area contributed by atoms with Crippen molar-refractivity contribution in [1.29, 1.82) is 0 Å². The smallest absolute Gasteiger partial charge is 0.287 e. The van der Waals surface area contributed by atoms with Gasteiger partial charge in [-0.25, -0.2) is 4.98 Å². The van der Waals surface area contributed by atoms with Crippen LogP contribution in [-0.2, 0) is 0 Å². The van der Waals surface area contributed by atoms with E-state index < -0.39 is 0 Å². The molecule has 2 aliphatic rings. The lowest BCUT2D eigenvalue weighted by atomic mass is 9.90. The summed E-state index contributed by atoms with van der Waals surface area (Å²) in [6.45, 7) is 2.12. The lowest BCUT2D eigenvalue weighted by Gasteiger charge is -2.33. The van der Waals surface area contributed by atoms with Crippen molar-refractivity contribution in [3.05, 3.63) is 60.4 Å². The minimum absolute atomic E-state index is 0.0592. The first-order valence-electron chi connectivity index (χ1n) is 11.0. The lowest BCUT2D eigenvalue weighted by molar-refractivity contribution is 0.0670. The Balaban J connectivity index is 1.05. The third-order valence-electron chi connectivity index (χ3n) is 7.14. The van der Waals surface area contributed by atoms with Gasteiger partial charge < -0.3 is 19.6 Å². The first-order chi connectivity index (χ1) is 15.6. The van der Waals surface area contributed by atoms with Crippen molar-refractivity contribution in [1.82, 2.24) is 25.2 Å². The van der Waals surface area contributed by atoms with Crippen LogP contribution in [0.15, 0.2) is 53.5 Å². The maximum Gasteiger partial charge on any atom is 0.287 e. The summed E-state index contributed by atoms with van der Waals surface area (Å²) in [5.41, 5.74) is 2.28. The molecular weight excluding hydrogens is 406 g/mol. The second-order valence-corrected chi connectivity index (χ2v) is 8.89. The topological polar surface area (TPSA) is 104 Å². The Morgan fingerprint density at radius 1 is 1.25 bits per heavy atom. The molecule has 6 rings (SSSR count). The molecule has 2 fully saturated rings. The molecule has 1 atom stereocenters. The summed E-state index contributed by atoms with van der Waals surface area (Å²) < 4.78 is 5.60. The molecule has 0 bridgehead atoms. The van der Waals surface area contributed by atoms with E-state index in [0.29, 0.717) is 29.4 Å². The van der Waals surface area contributed by atoms with E-state index in [0.717, 1.165) is 48.8 Å². The molecular formula is C24H23N5O3. The molecule has 32 heavy (non-hydrogen) atoms. The molecule has 2 amide bonds. The largest absolute Gasteiger partial charge is 0.449 e. The molecule has 2 N–H and O–H groups in total. The fourth-order valence-corrected chi connectivity index (χ4v) is 5.09. The molecule has 0 aromatic carbocycles. The van der Waals surface area contributed by atoms with Crippen LogP contribution < -0.4 is 5.32 Å². The normalized spacial score (nSPS) is 19.5. The Hall–Kier alpha value is -3.68. The molecule has 1 saturated carbocycles. The Morgan fingerprint density at radius 3 is 2.97 bits per heavy atom. The maximum absolute atomic E-state index is 13.0. The van der Waals surface area contributed by atoms with E-state index in [2.05, 4.69) is 20.3 Å². The molecule has 1 unspecified atom stereocenters. The van der Waals surface area contributed by atoms with Crippen LogP contribution in [0.2, 0.25) is 0 Å².